The standard InChI is InChI=1S/C16H23N5.ClH/c1-13(17)14-7-9-20(10-8-14)12-15-11-18-21(19-15)16-5-3-2-4-6-16;/h2-6,11,13-14H,7-10,12,17H2,1H3;1H. The monoisotopic (exact) mass is 321 g/mol. The third-order valence-corrected chi connectivity index (χ3v) is 4.29. The molecule has 120 valence electrons. The van der Waals surface area contributed by atoms with Gasteiger partial charge in [0.2, 0.25) is 0 Å². The second kappa shape index (κ2) is 7.72. The van der Waals surface area contributed by atoms with E-state index in [9.17, 15) is 0 Å². The van der Waals surface area contributed by atoms with Crippen molar-refractivity contribution < 1.29 is 0 Å². The lowest BCUT2D eigenvalue weighted by Crippen LogP contribution is -2.39. The van der Waals surface area contributed by atoms with E-state index in [-0.39, 0.29) is 12.4 Å². The zero-order valence-electron chi connectivity index (χ0n) is 12.9. The number of nitrogens with zero attached hydrogens (tertiary/aromatic N) is 4. The zero-order valence-corrected chi connectivity index (χ0v) is 13.7. The minimum absolute atomic E-state index is 0. The van der Waals surface area contributed by atoms with Crippen LogP contribution in [0.5, 0.6) is 0 Å². The molecule has 1 atom stereocenters. The van der Waals surface area contributed by atoms with Gasteiger partial charge in [-0.15, -0.1) is 12.4 Å². The SMILES string of the molecule is CC(N)C1CCN(Cc2cnn(-c3ccccc3)n2)CC1.Cl. The first-order valence-electron chi connectivity index (χ1n) is 7.67. The van der Waals surface area contributed by atoms with Gasteiger partial charge in [-0.3, -0.25) is 4.90 Å². The molecule has 0 saturated carbocycles. The number of rotatable bonds is 4. The van der Waals surface area contributed by atoms with Crippen LogP contribution in [0.2, 0.25) is 0 Å². The number of nitrogens with two attached hydrogens (primary N) is 1. The second-order valence-corrected chi connectivity index (χ2v) is 5.93. The molecule has 6 heteroatoms. The van der Waals surface area contributed by atoms with Gasteiger partial charge in [-0.05, 0) is 50.9 Å². The molecule has 0 spiro atoms. The van der Waals surface area contributed by atoms with Crippen LogP contribution in [0, 0.1) is 5.92 Å². The van der Waals surface area contributed by atoms with Crippen LogP contribution < -0.4 is 5.73 Å². The first-order valence-corrected chi connectivity index (χ1v) is 7.67. The van der Waals surface area contributed by atoms with Gasteiger partial charge in [0.1, 0.15) is 0 Å². The summed E-state index contributed by atoms with van der Waals surface area (Å²) in [6, 6.07) is 10.3. The highest BCUT2D eigenvalue weighted by atomic mass is 35.5. The summed E-state index contributed by atoms with van der Waals surface area (Å²) in [5.74, 6) is 0.668. The van der Waals surface area contributed by atoms with Crippen LogP contribution in [0.1, 0.15) is 25.5 Å². The normalized spacial score (nSPS) is 17.9. The highest BCUT2D eigenvalue weighted by Crippen LogP contribution is 2.20. The number of likely N-dealkylation sites (tertiary alicyclic amines) is 1. The summed E-state index contributed by atoms with van der Waals surface area (Å²) in [6.45, 7) is 5.19. The number of hydrogen-bond acceptors (Lipinski definition) is 4. The van der Waals surface area contributed by atoms with Crippen molar-refractivity contribution in [2.45, 2.75) is 32.4 Å². The Labute approximate surface area is 137 Å². The molecule has 5 nitrogen and oxygen atoms in total. The average molecular weight is 322 g/mol. The van der Waals surface area contributed by atoms with Gasteiger partial charge in [0.25, 0.3) is 0 Å². The smallest absolute Gasteiger partial charge is 0.0971 e. The Kier molecular flexibility index (Phi) is 5.94. The van der Waals surface area contributed by atoms with Crippen LogP contribution in [0.3, 0.4) is 0 Å². The van der Waals surface area contributed by atoms with E-state index in [2.05, 4.69) is 22.0 Å². The summed E-state index contributed by atoms with van der Waals surface area (Å²) in [5, 5.41) is 8.92. The van der Waals surface area contributed by atoms with Crippen molar-refractivity contribution in [1.29, 1.82) is 0 Å². The minimum atomic E-state index is 0. The van der Waals surface area contributed by atoms with Crippen molar-refractivity contribution in [3.05, 3.63) is 42.2 Å². The van der Waals surface area contributed by atoms with E-state index in [1.54, 1.807) is 4.80 Å². The van der Waals surface area contributed by atoms with Gasteiger partial charge in [0.15, 0.2) is 0 Å². The fraction of sp³-hybridized carbons (Fsp3) is 0.500. The molecule has 1 aliphatic heterocycles. The van der Waals surface area contributed by atoms with Crippen LogP contribution in [0.4, 0.5) is 0 Å². The maximum absolute atomic E-state index is 5.99. The van der Waals surface area contributed by atoms with E-state index in [0.717, 1.165) is 31.0 Å². The Hall–Kier alpha value is -1.43. The van der Waals surface area contributed by atoms with Crippen molar-refractivity contribution in [3.63, 3.8) is 0 Å². The second-order valence-electron chi connectivity index (χ2n) is 5.93. The summed E-state index contributed by atoms with van der Waals surface area (Å²) in [6.07, 6.45) is 4.24. The molecule has 0 amide bonds. The molecular formula is C16H24ClN5. The molecule has 1 aromatic heterocycles. The zero-order chi connectivity index (χ0) is 14.7. The first-order chi connectivity index (χ1) is 10.2. The number of piperidine rings is 1. The molecule has 1 aliphatic rings. The Bertz CT molecular complexity index is 561. The third kappa shape index (κ3) is 4.06. The molecule has 22 heavy (non-hydrogen) atoms. The van der Waals surface area contributed by atoms with Crippen LogP contribution in [0.25, 0.3) is 5.69 Å². The van der Waals surface area contributed by atoms with Gasteiger partial charge < -0.3 is 5.73 Å². The van der Waals surface area contributed by atoms with Crippen LogP contribution in [-0.2, 0) is 6.54 Å². The highest BCUT2D eigenvalue weighted by molar-refractivity contribution is 5.85. The summed E-state index contributed by atoms with van der Waals surface area (Å²) >= 11 is 0. The van der Waals surface area contributed by atoms with Gasteiger partial charge >= 0.3 is 0 Å². The Morgan fingerprint density at radius 3 is 2.55 bits per heavy atom. The molecule has 3 rings (SSSR count). The number of aromatic nitrogens is 3. The summed E-state index contributed by atoms with van der Waals surface area (Å²) in [5.41, 5.74) is 8.01. The van der Waals surface area contributed by atoms with E-state index in [1.165, 1.54) is 12.8 Å². The highest BCUT2D eigenvalue weighted by Gasteiger charge is 2.22. The molecule has 0 bridgehead atoms. The van der Waals surface area contributed by atoms with Crippen LogP contribution in [-0.4, -0.2) is 39.0 Å². The molecule has 1 aromatic carbocycles. The largest absolute Gasteiger partial charge is 0.328 e. The Balaban J connectivity index is 0.00000176. The maximum Gasteiger partial charge on any atom is 0.0971 e. The topological polar surface area (TPSA) is 60.0 Å². The molecule has 2 aromatic rings. The van der Waals surface area contributed by atoms with Crippen molar-refractivity contribution in [3.8, 4) is 5.69 Å². The van der Waals surface area contributed by atoms with Crippen molar-refractivity contribution in [1.82, 2.24) is 19.9 Å². The Morgan fingerprint density at radius 1 is 1.23 bits per heavy atom. The predicted molar refractivity (Wildman–Crippen MR) is 90.3 cm³/mol. The minimum Gasteiger partial charge on any atom is -0.328 e. The van der Waals surface area contributed by atoms with Gasteiger partial charge in [-0.2, -0.15) is 15.0 Å². The number of hydrogen-bond donors (Lipinski definition) is 1. The average Bonchev–Trinajstić information content (AvgIpc) is 2.97. The maximum atomic E-state index is 5.99. The van der Waals surface area contributed by atoms with Gasteiger partial charge in [0, 0.05) is 12.6 Å². The quantitative estimate of drug-likeness (QED) is 0.938. The molecule has 1 saturated heterocycles. The van der Waals surface area contributed by atoms with Crippen LogP contribution >= 0.6 is 12.4 Å². The first kappa shape index (κ1) is 16.9. The van der Waals surface area contributed by atoms with E-state index in [4.69, 9.17) is 5.73 Å². The summed E-state index contributed by atoms with van der Waals surface area (Å²) < 4.78 is 0. The molecular weight excluding hydrogens is 298 g/mol. The van der Waals surface area contributed by atoms with E-state index in [0.29, 0.717) is 12.0 Å². The van der Waals surface area contributed by atoms with Crippen molar-refractivity contribution in [2.75, 3.05) is 13.1 Å². The molecule has 2 heterocycles. The van der Waals surface area contributed by atoms with Gasteiger partial charge in [-0.1, -0.05) is 18.2 Å². The van der Waals surface area contributed by atoms with E-state index in [1.807, 2.05) is 36.5 Å². The molecule has 2 N–H and O–H groups in total. The van der Waals surface area contributed by atoms with Crippen LogP contribution in [0.15, 0.2) is 36.5 Å². The molecule has 0 radical (unpaired) electrons. The molecule has 1 fully saturated rings. The van der Waals surface area contributed by atoms with Crippen molar-refractivity contribution in [2.24, 2.45) is 11.7 Å². The van der Waals surface area contributed by atoms with E-state index >= 15 is 0 Å². The molecule has 1 unspecified atom stereocenters. The molecule has 0 aliphatic carbocycles. The van der Waals surface area contributed by atoms with Crippen molar-refractivity contribution >= 4 is 12.4 Å². The Morgan fingerprint density at radius 2 is 1.91 bits per heavy atom. The number of halogens is 1. The third-order valence-electron chi connectivity index (χ3n) is 4.29. The van der Waals surface area contributed by atoms with Gasteiger partial charge in [0.05, 0.1) is 17.6 Å². The predicted octanol–water partition coefficient (Wildman–Crippen LogP) is 2.25. The number of para-hydroxylation sites is 1. The lowest BCUT2D eigenvalue weighted by atomic mass is 9.91. The summed E-state index contributed by atoms with van der Waals surface area (Å²) in [4.78, 5) is 4.14. The lowest BCUT2D eigenvalue weighted by Gasteiger charge is -2.33. The lowest BCUT2D eigenvalue weighted by molar-refractivity contribution is 0.164. The van der Waals surface area contributed by atoms with Gasteiger partial charge in [-0.25, -0.2) is 0 Å². The van der Waals surface area contributed by atoms with E-state index < -0.39 is 0 Å². The number of benzene rings is 1. The fourth-order valence-electron chi connectivity index (χ4n) is 2.92. The summed E-state index contributed by atoms with van der Waals surface area (Å²) in [7, 11) is 0. The fourth-order valence-corrected chi connectivity index (χ4v) is 2.92.